The number of carbonyl (C=O) groups is 1. The third-order valence-electron chi connectivity index (χ3n) is 8.46. The lowest BCUT2D eigenvalue weighted by molar-refractivity contribution is -0.0907. The molecule has 12 heteroatoms. The third kappa shape index (κ3) is 8.76. The molecular weight excluding hydrogens is 600 g/mol. The van der Waals surface area contributed by atoms with Gasteiger partial charge < -0.3 is 34.1 Å². The van der Waals surface area contributed by atoms with E-state index in [0.717, 1.165) is 31.2 Å². The van der Waals surface area contributed by atoms with Crippen LogP contribution >= 0.6 is 0 Å². The highest BCUT2D eigenvalue weighted by Crippen LogP contribution is 2.34. The van der Waals surface area contributed by atoms with E-state index in [9.17, 15) is 18.3 Å². The molecule has 0 unspecified atom stereocenters. The standard InChI is InChI=1S/C33H44N2O9S/c1-40-25-14-15-31-29(21-25)41-18-11-6-4-2-3-5-10-17-35(45(31,38)39)22-28(36)27(20-24-12-8-7-9-13-24)34-33(37)44-30-23-43-32-26(30)16-19-42-32/h4,6-9,12-15,21,26-28,30,32,36H,2-3,5,10-11,16-20,22-23H2,1H3,(H,34,37)/t26-,27-,28+,30-,32+/m0/s1. The minimum absolute atomic E-state index is 0.00177. The predicted molar refractivity (Wildman–Crippen MR) is 167 cm³/mol. The molecule has 2 saturated heterocycles. The zero-order valence-corrected chi connectivity index (χ0v) is 26.5. The van der Waals surface area contributed by atoms with Gasteiger partial charge in [0, 0.05) is 19.2 Å². The third-order valence-corrected chi connectivity index (χ3v) is 10.4. The number of nitrogens with one attached hydrogen (secondary N) is 1. The van der Waals surface area contributed by atoms with Crippen LogP contribution in [0.3, 0.4) is 0 Å². The lowest BCUT2D eigenvalue weighted by Crippen LogP contribution is -2.51. The van der Waals surface area contributed by atoms with Crippen LogP contribution in [0.15, 0.2) is 65.6 Å². The van der Waals surface area contributed by atoms with Crippen molar-refractivity contribution in [1.82, 2.24) is 9.62 Å². The molecule has 1 amide bonds. The fourth-order valence-corrected chi connectivity index (χ4v) is 7.56. The number of β-amino-alcohol motifs (C(OH)–C–C–N with tert-alkyl or cyclic N) is 1. The largest absolute Gasteiger partial charge is 0.497 e. The summed E-state index contributed by atoms with van der Waals surface area (Å²) in [6.45, 7) is 1.05. The van der Waals surface area contributed by atoms with Crippen molar-refractivity contribution < 1.29 is 42.0 Å². The molecule has 3 aliphatic rings. The maximum Gasteiger partial charge on any atom is 0.407 e. The number of methoxy groups -OCH3 is 1. The van der Waals surface area contributed by atoms with Gasteiger partial charge in [-0.05, 0) is 56.2 Å². The van der Waals surface area contributed by atoms with E-state index in [1.54, 1.807) is 12.1 Å². The second-order valence-corrected chi connectivity index (χ2v) is 13.5. The van der Waals surface area contributed by atoms with Gasteiger partial charge in [0.1, 0.15) is 22.5 Å². The van der Waals surface area contributed by atoms with E-state index < -0.39 is 34.4 Å². The summed E-state index contributed by atoms with van der Waals surface area (Å²) in [6, 6.07) is 13.2. The number of hydrogen-bond acceptors (Lipinski definition) is 9. The molecule has 0 spiro atoms. The highest BCUT2D eigenvalue weighted by molar-refractivity contribution is 7.89. The summed E-state index contributed by atoms with van der Waals surface area (Å²) in [5.74, 6) is 0.626. The summed E-state index contributed by atoms with van der Waals surface area (Å²) < 4.78 is 57.9. The predicted octanol–water partition coefficient (Wildman–Crippen LogP) is 4.04. The molecule has 2 fully saturated rings. The second-order valence-electron chi connectivity index (χ2n) is 11.6. The molecule has 246 valence electrons. The van der Waals surface area contributed by atoms with Crippen LogP contribution in [0.25, 0.3) is 0 Å². The zero-order chi connectivity index (χ0) is 31.6. The van der Waals surface area contributed by atoms with Gasteiger partial charge in [-0.1, -0.05) is 48.9 Å². The topological polar surface area (TPSA) is 133 Å². The number of sulfonamides is 1. The van der Waals surface area contributed by atoms with Crippen LogP contribution in [0.4, 0.5) is 4.79 Å². The molecule has 5 atom stereocenters. The Bertz CT molecular complexity index is 1390. The van der Waals surface area contributed by atoms with Crippen molar-refractivity contribution in [3.63, 3.8) is 0 Å². The Balaban J connectivity index is 1.37. The lowest BCUT2D eigenvalue weighted by Gasteiger charge is -2.30. The molecule has 3 heterocycles. The van der Waals surface area contributed by atoms with Crippen molar-refractivity contribution in [2.24, 2.45) is 5.92 Å². The van der Waals surface area contributed by atoms with E-state index in [-0.39, 0.29) is 49.0 Å². The van der Waals surface area contributed by atoms with Gasteiger partial charge >= 0.3 is 6.09 Å². The second kappa shape index (κ2) is 15.9. The summed E-state index contributed by atoms with van der Waals surface area (Å²) in [7, 11) is -2.61. The van der Waals surface area contributed by atoms with Crippen LogP contribution in [0.5, 0.6) is 11.5 Å². The molecule has 0 aromatic heterocycles. The lowest BCUT2D eigenvalue weighted by atomic mass is 10.0. The molecule has 5 rings (SSSR count). The van der Waals surface area contributed by atoms with Gasteiger partial charge in [-0.2, -0.15) is 4.31 Å². The van der Waals surface area contributed by atoms with E-state index in [4.69, 9.17) is 23.7 Å². The number of fused-ring (bicyclic) bond motifs is 2. The molecule has 2 N–H and O–H groups in total. The Labute approximate surface area is 265 Å². The van der Waals surface area contributed by atoms with E-state index in [1.165, 1.54) is 17.5 Å². The van der Waals surface area contributed by atoms with Crippen molar-refractivity contribution in [1.29, 1.82) is 0 Å². The first kappa shape index (κ1) is 33.2. The summed E-state index contributed by atoms with van der Waals surface area (Å²) in [5.41, 5.74) is 0.873. The van der Waals surface area contributed by atoms with Crippen LogP contribution in [0.2, 0.25) is 0 Å². The number of carbonyl (C=O) groups excluding carboxylic acids is 1. The summed E-state index contributed by atoms with van der Waals surface area (Å²) in [6.07, 6.45) is 6.29. The highest BCUT2D eigenvalue weighted by Gasteiger charge is 2.44. The Morgan fingerprint density at radius 2 is 1.89 bits per heavy atom. The average Bonchev–Trinajstić information content (AvgIpc) is 3.66. The van der Waals surface area contributed by atoms with Gasteiger partial charge in [0.05, 0.1) is 45.0 Å². The quantitative estimate of drug-likeness (QED) is 0.409. The van der Waals surface area contributed by atoms with Crippen molar-refractivity contribution in [2.45, 2.75) is 74.4 Å². The molecule has 0 bridgehead atoms. The van der Waals surface area contributed by atoms with E-state index >= 15 is 0 Å². The molecule has 0 saturated carbocycles. The van der Waals surface area contributed by atoms with Gasteiger partial charge in [-0.3, -0.25) is 0 Å². The summed E-state index contributed by atoms with van der Waals surface area (Å²) in [4.78, 5) is 13.1. The maximum absolute atomic E-state index is 14.2. The Kier molecular flexibility index (Phi) is 11.7. The smallest absolute Gasteiger partial charge is 0.407 e. The molecule has 0 radical (unpaired) electrons. The number of allylic oxidation sites excluding steroid dienone is 1. The molecule has 2 aromatic rings. The van der Waals surface area contributed by atoms with Crippen LogP contribution in [0.1, 0.15) is 44.1 Å². The fraction of sp³-hybridized carbons (Fsp3) is 0.545. The highest BCUT2D eigenvalue weighted by atomic mass is 32.2. The zero-order valence-electron chi connectivity index (χ0n) is 25.7. The van der Waals surface area contributed by atoms with E-state index in [1.807, 2.05) is 36.4 Å². The average molecular weight is 645 g/mol. The number of benzene rings is 2. The maximum atomic E-state index is 14.2. The summed E-state index contributed by atoms with van der Waals surface area (Å²) >= 11 is 0. The monoisotopic (exact) mass is 644 g/mol. The Hall–Kier alpha value is -3.16. The van der Waals surface area contributed by atoms with Gasteiger partial charge in [-0.25, -0.2) is 13.2 Å². The molecule has 3 aliphatic heterocycles. The number of rotatable bonds is 8. The first-order valence-electron chi connectivity index (χ1n) is 15.7. The van der Waals surface area contributed by atoms with Gasteiger partial charge in [0.15, 0.2) is 6.29 Å². The minimum atomic E-state index is -4.11. The Morgan fingerprint density at radius 1 is 1.07 bits per heavy atom. The molecule has 0 aliphatic carbocycles. The fourth-order valence-electron chi connectivity index (χ4n) is 5.95. The number of ether oxygens (including phenoxy) is 5. The van der Waals surface area contributed by atoms with E-state index in [2.05, 4.69) is 11.4 Å². The van der Waals surface area contributed by atoms with Gasteiger partial charge in [0.25, 0.3) is 0 Å². The van der Waals surface area contributed by atoms with Crippen molar-refractivity contribution in [3.8, 4) is 11.5 Å². The number of hydrogen-bond donors (Lipinski definition) is 2. The molecule has 45 heavy (non-hydrogen) atoms. The minimum Gasteiger partial charge on any atom is -0.497 e. The normalized spacial score (nSPS) is 25.2. The SMILES string of the molecule is COc1ccc2c(c1)OCCC=CCCCCCN(C[C@@H](O)[C@H](Cc1ccccc1)NC(=O)O[C@H]1CO[C@H]3OCC[C@H]31)S2(=O)=O. The molecule has 11 nitrogen and oxygen atoms in total. The van der Waals surface area contributed by atoms with Crippen LogP contribution < -0.4 is 14.8 Å². The first-order valence-corrected chi connectivity index (χ1v) is 17.2. The van der Waals surface area contributed by atoms with E-state index in [0.29, 0.717) is 31.8 Å². The van der Waals surface area contributed by atoms with Crippen LogP contribution in [0, 0.1) is 5.92 Å². The number of aliphatic hydroxyl groups excluding tert-OH is 1. The van der Waals surface area contributed by atoms with Crippen molar-refractivity contribution in [3.05, 3.63) is 66.2 Å². The van der Waals surface area contributed by atoms with Gasteiger partial charge in [-0.15, -0.1) is 0 Å². The number of amides is 1. The Morgan fingerprint density at radius 3 is 2.71 bits per heavy atom. The van der Waals surface area contributed by atoms with Crippen molar-refractivity contribution >= 4 is 16.1 Å². The number of nitrogens with zero attached hydrogens (tertiary/aromatic N) is 1. The van der Waals surface area contributed by atoms with Crippen molar-refractivity contribution in [2.75, 3.05) is 40.0 Å². The van der Waals surface area contributed by atoms with Crippen LogP contribution in [-0.2, 0) is 30.7 Å². The van der Waals surface area contributed by atoms with Gasteiger partial charge in [0.2, 0.25) is 10.0 Å². The molecule has 2 aromatic carbocycles. The molecular formula is C33H44N2O9S. The number of aliphatic hydroxyl groups is 1. The number of alkyl carbamates (subject to hydrolysis) is 1. The van der Waals surface area contributed by atoms with Crippen LogP contribution in [-0.4, -0.2) is 88.5 Å². The summed E-state index contributed by atoms with van der Waals surface area (Å²) in [5, 5.41) is 14.5. The first-order chi connectivity index (χ1) is 21.8.